The topological polar surface area (TPSA) is 119 Å². The molecule has 3 heterocycles. The molecule has 1 spiro atoms. The summed E-state index contributed by atoms with van der Waals surface area (Å²) in [5, 5.41) is 28.3. The first-order chi connectivity index (χ1) is 20.4. The molecule has 42 heavy (non-hydrogen) atoms. The Labute approximate surface area is 244 Å². The van der Waals surface area contributed by atoms with Crippen molar-refractivity contribution in [2.24, 2.45) is 16.6 Å². The van der Waals surface area contributed by atoms with Crippen molar-refractivity contribution in [3.05, 3.63) is 88.6 Å². The number of aliphatic imine (C=N–C) groups is 1. The number of aromatic nitrogens is 1. The molecule has 1 saturated carbocycles. The lowest BCUT2D eigenvalue weighted by Gasteiger charge is -2.62. The highest BCUT2D eigenvalue weighted by atomic mass is 16.5. The number of ether oxygens (including phenoxy) is 1. The highest BCUT2D eigenvalue weighted by Gasteiger charge is 2.72. The van der Waals surface area contributed by atoms with Gasteiger partial charge in [0.25, 0.3) is 0 Å². The third-order valence-corrected chi connectivity index (χ3v) is 10.7. The third-order valence-electron chi connectivity index (χ3n) is 10.7. The number of aliphatic hydroxyl groups is 1. The second-order valence-electron chi connectivity index (χ2n) is 13.0. The number of hydrogen-bond acceptors (Lipinski definition) is 5. The Balaban J connectivity index is 1.13. The van der Waals surface area contributed by atoms with Gasteiger partial charge in [-0.2, -0.15) is 0 Å². The lowest BCUT2D eigenvalue weighted by molar-refractivity contribution is -0.173. The molecule has 4 atom stereocenters. The molecule has 1 aromatic heterocycles. The number of guanidine groups is 1. The zero-order valence-electron chi connectivity index (χ0n) is 23.4. The zero-order valence-corrected chi connectivity index (χ0v) is 23.4. The molecule has 2 fully saturated rings. The fourth-order valence-electron chi connectivity index (χ4n) is 8.65. The summed E-state index contributed by atoms with van der Waals surface area (Å²) in [7, 11) is 0. The number of nitrogens with zero attached hydrogens (tertiary/aromatic N) is 2. The lowest BCUT2D eigenvalue weighted by atomic mass is 9.49. The number of aromatic amines is 1. The van der Waals surface area contributed by atoms with Crippen LogP contribution in [0.5, 0.6) is 11.5 Å². The summed E-state index contributed by atoms with van der Waals surface area (Å²) in [6, 6.07) is 20.0. The molecule has 9 rings (SSSR count). The van der Waals surface area contributed by atoms with E-state index in [-0.39, 0.29) is 17.9 Å². The quantitative estimate of drug-likeness (QED) is 0.181. The van der Waals surface area contributed by atoms with Gasteiger partial charge in [-0.05, 0) is 79.1 Å². The second-order valence-corrected chi connectivity index (χ2v) is 13.0. The van der Waals surface area contributed by atoms with Crippen molar-refractivity contribution in [3.8, 4) is 11.5 Å². The smallest absolute Gasteiger partial charge is 0.193 e. The number of hydrogen-bond donors (Lipinski definition) is 5. The second kappa shape index (κ2) is 8.52. The number of benzene rings is 3. The number of nitrogens with one attached hydrogen (secondary N) is 2. The van der Waals surface area contributed by atoms with Crippen LogP contribution in [-0.4, -0.2) is 50.8 Å². The first-order valence-electron chi connectivity index (χ1n) is 15.2. The van der Waals surface area contributed by atoms with Crippen LogP contribution < -0.4 is 15.8 Å². The van der Waals surface area contributed by atoms with Crippen LogP contribution in [0.15, 0.2) is 65.7 Å². The van der Waals surface area contributed by atoms with Crippen molar-refractivity contribution in [1.29, 1.82) is 0 Å². The molecular formula is C34H35N5O3. The zero-order chi connectivity index (χ0) is 28.2. The third kappa shape index (κ3) is 3.28. The van der Waals surface area contributed by atoms with Crippen LogP contribution in [0.25, 0.3) is 10.9 Å². The summed E-state index contributed by atoms with van der Waals surface area (Å²) in [6.45, 7) is 2.48. The monoisotopic (exact) mass is 561 g/mol. The van der Waals surface area contributed by atoms with E-state index in [4.69, 9.17) is 10.5 Å². The summed E-state index contributed by atoms with van der Waals surface area (Å²) in [5.41, 5.74) is 11.9. The van der Waals surface area contributed by atoms with Crippen molar-refractivity contribution in [1.82, 2.24) is 9.88 Å². The van der Waals surface area contributed by atoms with Gasteiger partial charge in [-0.3, -0.25) is 4.90 Å². The van der Waals surface area contributed by atoms with Crippen molar-refractivity contribution in [2.75, 3.05) is 18.4 Å². The van der Waals surface area contributed by atoms with Crippen LogP contribution in [0.4, 0.5) is 5.69 Å². The highest BCUT2D eigenvalue weighted by Crippen LogP contribution is 2.69. The van der Waals surface area contributed by atoms with Crippen LogP contribution in [0, 0.1) is 5.92 Å². The minimum Gasteiger partial charge on any atom is -0.504 e. The van der Waals surface area contributed by atoms with Crippen LogP contribution in [0.3, 0.4) is 0 Å². The molecule has 2 bridgehead atoms. The number of piperidine rings is 1. The first kappa shape index (κ1) is 24.6. The number of aromatic hydroxyl groups is 1. The molecule has 6 N–H and O–H groups in total. The van der Waals surface area contributed by atoms with Gasteiger partial charge in [0.15, 0.2) is 23.6 Å². The van der Waals surface area contributed by atoms with Crippen LogP contribution >= 0.6 is 0 Å². The molecule has 3 aromatic carbocycles. The summed E-state index contributed by atoms with van der Waals surface area (Å²) in [4.78, 5) is 10.8. The highest BCUT2D eigenvalue weighted by molar-refractivity contribution is 5.96. The maximum atomic E-state index is 13.1. The average molecular weight is 562 g/mol. The number of anilines is 1. The van der Waals surface area contributed by atoms with E-state index in [1.807, 2.05) is 36.4 Å². The van der Waals surface area contributed by atoms with E-state index in [1.165, 1.54) is 18.4 Å². The predicted molar refractivity (Wildman–Crippen MR) is 162 cm³/mol. The normalized spacial score (nSPS) is 29.2. The number of phenols is 1. The maximum absolute atomic E-state index is 13.1. The number of rotatable bonds is 5. The van der Waals surface area contributed by atoms with Gasteiger partial charge < -0.3 is 31.0 Å². The van der Waals surface area contributed by atoms with Gasteiger partial charge in [0.1, 0.15) is 0 Å². The molecule has 2 aliphatic heterocycles. The molecule has 1 unspecified atom stereocenters. The summed E-state index contributed by atoms with van der Waals surface area (Å²) in [6.07, 6.45) is 4.28. The summed E-state index contributed by atoms with van der Waals surface area (Å²) < 4.78 is 6.71. The standard InChI is InChI=1S/C34H35N5O3/c35-32(36-17-19-4-2-1-3-5-19)37-22-9-10-25-23(15-22)24-16-34(41)27-14-21-8-11-26(40)30-28(21)33(34,31(42-30)29(24)38-25)12-13-39(27)18-20-6-7-20/h1-5,8-11,15,20,27,31,38,40-41H,6-7,12-14,16-18H2,(H3,35,36,37)/t27?,31-,33-,34+/m0/s1. The van der Waals surface area contributed by atoms with E-state index in [0.29, 0.717) is 24.7 Å². The van der Waals surface area contributed by atoms with E-state index >= 15 is 0 Å². The largest absolute Gasteiger partial charge is 0.504 e. The number of phenolic OH excluding ortho intramolecular Hbond substituents is 1. The minimum atomic E-state index is -1.02. The van der Waals surface area contributed by atoms with E-state index in [0.717, 1.165) is 70.8 Å². The molecule has 8 nitrogen and oxygen atoms in total. The Morgan fingerprint density at radius 3 is 2.83 bits per heavy atom. The molecule has 3 aliphatic carbocycles. The van der Waals surface area contributed by atoms with E-state index in [9.17, 15) is 10.2 Å². The molecule has 0 amide bonds. The van der Waals surface area contributed by atoms with E-state index in [2.05, 4.69) is 38.4 Å². The molecule has 5 aliphatic rings. The SMILES string of the molecule is NC(=NCc1ccccc1)Nc1ccc2[nH]c3c(c2c1)C[C@@]1(O)C2Cc4ccc(O)c5c4[C@@]1(CCN2CC1CC1)[C@H]3O5. The number of H-pyrrole nitrogens is 1. The lowest BCUT2D eigenvalue weighted by Crippen LogP contribution is -2.74. The Morgan fingerprint density at radius 1 is 1.14 bits per heavy atom. The average Bonchev–Trinajstić information content (AvgIpc) is 3.64. The van der Waals surface area contributed by atoms with Crippen molar-refractivity contribution in [2.45, 2.75) is 61.8 Å². The van der Waals surface area contributed by atoms with Gasteiger partial charge in [-0.1, -0.05) is 36.4 Å². The fraction of sp³-hybridized carbons (Fsp3) is 0.382. The van der Waals surface area contributed by atoms with E-state index < -0.39 is 11.0 Å². The van der Waals surface area contributed by atoms with Gasteiger partial charge in [0.05, 0.1) is 23.3 Å². The van der Waals surface area contributed by atoms with Crippen molar-refractivity contribution in [3.63, 3.8) is 0 Å². The van der Waals surface area contributed by atoms with Gasteiger partial charge in [0.2, 0.25) is 0 Å². The number of likely N-dealkylation sites (tertiary alicyclic amines) is 1. The van der Waals surface area contributed by atoms with Gasteiger partial charge in [-0.15, -0.1) is 0 Å². The molecule has 1 saturated heterocycles. The maximum Gasteiger partial charge on any atom is 0.193 e. The molecule has 0 radical (unpaired) electrons. The summed E-state index contributed by atoms with van der Waals surface area (Å²) in [5.74, 6) is 1.81. The number of nitrogens with two attached hydrogens (primary N) is 1. The first-order valence-corrected chi connectivity index (χ1v) is 15.2. The Morgan fingerprint density at radius 2 is 2.00 bits per heavy atom. The van der Waals surface area contributed by atoms with Crippen LogP contribution in [0.1, 0.15) is 53.3 Å². The van der Waals surface area contributed by atoms with Gasteiger partial charge >= 0.3 is 0 Å². The Bertz CT molecular complexity index is 1780. The molecule has 4 aromatic rings. The van der Waals surface area contributed by atoms with E-state index in [1.54, 1.807) is 6.07 Å². The Hall–Kier alpha value is -4.01. The molecule has 8 heteroatoms. The number of fused-ring (bicyclic) bond motifs is 4. The van der Waals surface area contributed by atoms with Crippen LogP contribution in [0.2, 0.25) is 0 Å². The molecule has 214 valence electrons. The Kier molecular flexibility index (Phi) is 4.99. The minimum absolute atomic E-state index is 0.00103. The summed E-state index contributed by atoms with van der Waals surface area (Å²) >= 11 is 0. The van der Waals surface area contributed by atoms with Crippen LogP contribution in [-0.2, 0) is 24.8 Å². The molecular weight excluding hydrogens is 526 g/mol. The van der Waals surface area contributed by atoms with Gasteiger partial charge in [-0.25, -0.2) is 4.99 Å². The van der Waals surface area contributed by atoms with Crippen molar-refractivity contribution >= 4 is 22.5 Å². The fourth-order valence-corrected chi connectivity index (χ4v) is 8.65. The predicted octanol–water partition coefficient (Wildman–Crippen LogP) is 4.50. The van der Waals surface area contributed by atoms with Gasteiger partial charge in [0, 0.05) is 41.2 Å². The van der Waals surface area contributed by atoms with Crippen molar-refractivity contribution < 1.29 is 14.9 Å².